The van der Waals surface area contributed by atoms with Gasteiger partial charge in [-0.05, 0) is 30.4 Å². The van der Waals surface area contributed by atoms with Crippen molar-refractivity contribution >= 4 is 29.0 Å². The van der Waals surface area contributed by atoms with E-state index in [2.05, 4.69) is 0 Å². The van der Waals surface area contributed by atoms with E-state index in [0.717, 1.165) is 30.1 Å². The first-order valence-electron chi connectivity index (χ1n) is 5.40. The van der Waals surface area contributed by atoms with Gasteiger partial charge in [0.1, 0.15) is 0 Å². The van der Waals surface area contributed by atoms with Crippen molar-refractivity contribution in [2.45, 2.75) is 12.8 Å². The van der Waals surface area contributed by atoms with Crippen molar-refractivity contribution in [1.82, 2.24) is 0 Å². The van der Waals surface area contributed by atoms with Crippen LogP contribution >= 0.6 is 11.8 Å². The Bertz CT molecular complexity index is 406. The van der Waals surface area contributed by atoms with Crippen LogP contribution in [-0.4, -0.2) is 24.5 Å². The predicted molar refractivity (Wildman–Crippen MR) is 69.9 cm³/mol. The molecule has 0 saturated carbocycles. The van der Waals surface area contributed by atoms with E-state index < -0.39 is 0 Å². The average molecular weight is 236 g/mol. The zero-order valence-electron chi connectivity index (χ0n) is 9.40. The third kappa shape index (κ3) is 2.16. The van der Waals surface area contributed by atoms with Gasteiger partial charge in [0.25, 0.3) is 0 Å². The van der Waals surface area contributed by atoms with E-state index in [1.165, 1.54) is 5.56 Å². The molecular formula is C12H16N2OS. The molecule has 86 valence electrons. The molecule has 0 spiro atoms. The average Bonchev–Trinajstić information content (AvgIpc) is 2.68. The number of fused-ring (bicyclic) bond motifs is 1. The van der Waals surface area contributed by atoms with Crippen LogP contribution in [0.25, 0.3) is 0 Å². The van der Waals surface area contributed by atoms with Gasteiger partial charge in [-0.2, -0.15) is 11.8 Å². The lowest BCUT2D eigenvalue weighted by atomic mass is 10.1. The van der Waals surface area contributed by atoms with Crippen LogP contribution in [0.5, 0.6) is 0 Å². The van der Waals surface area contributed by atoms with Crippen molar-refractivity contribution in [3.8, 4) is 0 Å². The molecule has 1 aromatic carbocycles. The highest BCUT2D eigenvalue weighted by Gasteiger charge is 2.23. The van der Waals surface area contributed by atoms with E-state index in [1.54, 1.807) is 11.8 Å². The minimum absolute atomic E-state index is 0.207. The zero-order valence-corrected chi connectivity index (χ0v) is 10.2. The van der Waals surface area contributed by atoms with Crippen LogP contribution in [0.4, 0.5) is 11.4 Å². The fourth-order valence-electron chi connectivity index (χ4n) is 1.98. The molecule has 0 radical (unpaired) electrons. The number of hydrogen-bond donors (Lipinski definition) is 1. The summed E-state index contributed by atoms with van der Waals surface area (Å²) in [6.45, 7) is 0.798. The normalized spacial score (nSPS) is 13.9. The van der Waals surface area contributed by atoms with Crippen molar-refractivity contribution in [1.29, 1.82) is 0 Å². The van der Waals surface area contributed by atoms with Gasteiger partial charge in [-0.1, -0.05) is 6.07 Å². The number of rotatable bonds is 3. The number of carbonyl (C=O) groups is 1. The summed E-state index contributed by atoms with van der Waals surface area (Å²) >= 11 is 1.70. The van der Waals surface area contributed by atoms with Crippen LogP contribution in [0.1, 0.15) is 12.0 Å². The van der Waals surface area contributed by atoms with Gasteiger partial charge in [-0.3, -0.25) is 4.79 Å². The fourth-order valence-corrected chi connectivity index (χ4v) is 2.36. The minimum Gasteiger partial charge on any atom is -0.399 e. The van der Waals surface area contributed by atoms with E-state index in [9.17, 15) is 4.79 Å². The SMILES string of the molecule is CSCCC(=O)N1CCc2ccc(N)cc21. The van der Waals surface area contributed by atoms with Crippen LogP contribution in [0.3, 0.4) is 0 Å². The molecule has 0 aliphatic carbocycles. The standard InChI is InChI=1S/C12H16N2OS/c1-16-7-5-12(15)14-6-4-9-2-3-10(13)8-11(9)14/h2-3,8H,4-7,13H2,1H3. The highest BCUT2D eigenvalue weighted by Crippen LogP contribution is 2.30. The molecule has 0 saturated heterocycles. The summed E-state index contributed by atoms with van der Waals surface area (Å²) in [7, 11) is 0. The van der Waals surface area contributed by atoms with Gasteiger partial charge in [-0.15, -0.1) is 0 Å². The molecule has 1 aliphatic heterocycles. The maximum absolute atomic E-state index is 12.0. The van der Waals surface area contributed by atoms with Gasteiger partial charge in [0.2, 0.25) is 5.91 Å². The van der Waals surface area contributed by atoms with Crippen molar-refractivity contribution < 1.29 is 4.79 Å². The molecule has 0 unspecified atom stereocenters. The lowest BCUT2D eigenvalue weighted by Crippen LogP contribution is -2.29. The third-order valence-corrected chi connectivity index (χ3v) is 3.44. The lowest BCUT2D eigenvalue weighted by Gasteiger charge is -2.17. The first-order chi connectivity index (χ1) is 7.72. The molecule has 1 aromatic rings. The molecule has 0 bridgehead atoms. The number of thioether (sulfide) groups is 1. The molecule has 1 amide bonds. The quantitative estimate of drug-likeness (QED) is 0.815. The topological polar surface area (TPSA) is 46.3 Å². The molecule has 4 heteroatoms. The van der Waals surface area contributed by atoms with Crippen molar-refractivity contribution in [3.05, 3.63) is 23.8 Å². The van der Waals surface area contributed by atoms with Crippen molar-refractivity contribution in [2.75, 3.05) is 29.2 Å². The maximum atomic E-state index is 12.0. The highest BCUT2D eigenvalue weighted by atomic mass is 32.2. The molecule has 3 nitrogen and oxygen atoms in total. The molecule has 0 aromatic heterocycles. The Morgan fingerprint density at radius 1 is 1.56 bits per heavy atom. The number of nitrogens with two attached hydrogens (primary N) is 1. The number of amides is 1. The summed E-state index contributed by atoms with van der Waals surface area (Å²) in [5, 5.41) is 0. The predicted octanol–water partition coefficient (Wildman–Crippen LogP) is 1.91. The summed E-state index contributed by atoms with van der Waals surface area (Å²) in [5.41, 5.74) is 8.71. The number of nitrogen functional groups attached to an aromatic ring is 1. The van der Waals surface area contributed by atoms with Gasteiger partial charge in [0.15, 0.2) is 0 Å². The summed E-state index contributed by atoms with van der Waals surface area (Å²) in [4.78, 5) is 13.8. The zero-order chi connectivity index (χ0) is 11.5. The Morgan fingerprint density at radius 3 is 3.12 bits per heavy atom. The van der Waals surface area contributed by atoms with Gasteiger partial charge < -0.3 is 10.6 Å². The van der Waals surface area contributed by atoms with Crippen molar-refractivity contribution in [3.63, 3.8) is 0 Å². The van der Waals surface area contributed by atoms with Crippen LogP contribution in [0.15, 0.2) is 18.2 Å². The second kappa shape index (κ2) is 4.78. The molecule has 1 aliphatic rings. The molecule has 16 heavy (non-hydrogen) atoms. The number of hydrogen-bond acceptors (Lipinski definition) is 3. The Kier molecular flexibility index (Phi) is 3.39. The number of nitrogens with zero attached hydrogens (tertiary/aromatic N) is 1. The monoisotopic (exact) mass is 236 g/mol. The van der Waals surface area contributed by atoms with E-state index in [1.807, 2.05) is 29.4 Å². The number of anilines is 2. The Hall–Kier alpha value is -1.16. The van der Waals surface area contributed by atoms with Crippen LogP contribution in [-0.2, 0) is 11.2 Å². The molecule has 2 N–H and O–H groups in total. The largest absolute Gasteiger partial charge is 0.399 e. The highest BCUT2D eigenvalue weighted by molar-refractivity contribution is 7.98. The Labute approximate surface area is 100.0 Å². The fraction of sp³-hybridized carbons (Fsp3) is 0.417. The molecule has 1 heterocycles. The molecule has 0 atom stereocenters. The first kappa shape index (κ1) is 11.3. The van der Waals surface area contributed by atoms with Gasteiger partial charge in [0, 0.05) is 30.1 Å². The van der Waals surface area contributed by atoms with Crippen molar-refractivity contribution in [2.24, 2.45) is 0 Å². The van der Waals surface area contributed by atoms with Crippen LogP contribution in [0.2, 0.25) is 0 Å². The maximum Gasteiger partial charge on any atom is 0.227 e. The number of benzene rings is 1. The van der Waals surface area contributed by atoms with Crippen LogP contribution in [0, 0.1) is 0 Å². The summed E-state index contributed by atoms with van der Waals surface area (Å²) in [6, 6.07) is 5.82. The summed E-state index contributed by atoms with van der Waals surface area (Å²) < 4.78 is 0. The smallest absolute Gasteiger partial charge is 0.227 e. The Morgan fingerprint density at radius 2 is 2.38 bits per heavy atom. The van der Waals surface area contributed by atoms with E-state index in [0.29, 0.717) is 6.42 Å². The lowest BCUT2D eigenvalue weighted by molar-refractivity contribution is -0.118. The summed E-state index contributed by atoms with van der Waals surface area (Å²) in [5.74, 6) is 1.09. The number of carbonyl (C=O) groups excluding carboxylic acids is 1. The second-order valence-corrected chi connectivity index (χ2v) is 4.91. The van der Waals surface area contributed by atoms with E-state index in [4.69, 9.17) is 5.73 Å². The minimum atomic E-state index is 0.207. The molecule has 2 rings (SSSR count). The molecule has 0 fully saturated rings. The van der Waals surface area contributed by atoms with Crippen LogP contribution < -0.4 is 10.6 Å². The van der Waals surface area contributed by atoms with Gasteiger partial charge in [-0.25, -0.2) is 0 Å². The Balaban J connectivity index is 2.16. The van der Waals surface area contributed by atoms with Gasteiger partial charge in [0.05, 0.1) is 0 Å². The second-order valence-electron chi connectivity index (χ2n) is 3.93. The van der Waals surface area contributed by atoms with E-state index in [-0.39, 0.29) is 5.91 Å². The van der Waals surface area contributed by atoms with Gasteiger partial charge >= 0.3 is 0 Å². The molecular weight excluding hydrogens is 220 g/mol. The third-order valence-electron chi connectivity index (χ3n) is 2.83. The summed E-state index contributed by atoms with van der Waals surface area (Å²) in [6.07, 6.45) is 3.57. The first-order valence-corrected chi connectivity index (χ1v) is 6.79. The van der Waals surface area contributed by atoms with E-state index >= 15 is 0 Å².